The topological polar surface area (TPSA) is 90.0 Å². The molecular formula is C23H26N4O2. The Morgan fingerprint density at radius 3 is 2.31 bits per heavy atom. The van der Waals surface area contributed by atoms with Crippen LogP contribution in [0, 0.1) is 6.92 Å². The summed E-state index contributed by atoms with van der Waals surface area (Å²) in [5.74, 6) is -0.0895. The van der Waals surface area contributed by atoms with E-state index in [0.29, 0.717) is 11.6 Å². The Morgan fingerprint density at radius 2 is 1.69 bits per heavy atom. The van der Waals surface area contributed by atoms with Gasteiger partial charge in [0.25, 0.3) is 5.91 Å². The van der Waals surface area contributed by atoms with Crippen molar-refractivity contribution < 1.29 is 4.79 Å². The largest absolute Gasteiger partial charge is 0.349 e. The van der Waals surface area contributed by atoms with Crippen molar-refractivity contribution in [2.45, 2.75) is 32.7 Å². The Morgan fingerprint density at radius 1 is 1.07 bits per heavy atom. The number of benzene rings is 2. The number of rotatable bonds is 6. The lowest BCUT2D eigenvalue weighted by Gasteiger charge is -2.15. The average molecular weight is 390 g/mol. The lowest BCUT2D eigenvalue weighted by Crippen LogP contribution is -2.36. The summed E-state index contributed by atoms with van der Waals surface area (Å²) in [7, 11) is 0. The van der Waals surface area contributed by atoms with Gasteiger partial charge in [0, 0.05) is 24.3 Å². The molecule has 1 heterocycles. The molecule has 0 aliphatic rings. The predicted octanol–water partition coefficient (Wildman–Crippen LogP) is 3.09. The standard InChI is InChI=1S/C23H26N4O2/c1-15(2)17-9-11-18(12-10-17)20(24)14-25-23(29)22-21(28)13-16(3)27(26-22)19-7-5-4-6-8-19/h4-13,15,20H,14,24H2,1-3H3,(H,25,29). The molecule has 1 aromatic heterocycles. The summed E-state index contributed by atoms with van der Waals surface area (Å²) in [4.78, 5) is 24.9. The van der Waals surface area contributed by atoms with Crippen LogP contribution in [0.4, 0.5) is 0 Å². The predicted molar refractivity (Wildman–Crippen MR) is 114 cm³/mol. The van der Waals surface area contributed by atoms with Gasteiger partial charge in [-0.15, -0.1) is 0 Å². The minimum Gasteiger partial charge on any atom is -0.349 e. The molecule has 0 bridgehead atoms. The Balaban J connectivity index is 1.74. The van der Waals surface area contributed by atoms with Crippen molar-refractivity contribution >= 4 is 5.91 Å². The normalized spacial score (nSPS) is 12.0. The van der Waals surface area contributed by atoms with Crippen molar-refractivity contribution in [3.8, 4) is 5.69 Å². The van der Waals surface area contributed by atoms with Crippen molar-refractivity contribution in [2.24, 2.45) is 5.73 Å². The van der Waals surface area contributed by atoms with Crippen LogP contribution in [0.15, 0.2) is 65.5 Å². The van der Waals surface area contributed by atoms with Crippen LogP contribution in [0.5, 0.6) is 0 Å². The van der Waals surface area contributed by atoms with E-state index in [0.717, 1.165) is 11.3 Å². The summed E-state index contributed by atoms with van der Waals surface area (Å²) in [6, 6.07) is 18.4. The van der Waals surface area contributed by atoms with Gasteiger partial charge in [0.1, 0.15) is 0 Å². The molecule has 150 valence electrons. The molecule has 3 aromatic rings. The number of nitrogens with two attached hydrogens (primary N) is 1. The molecule has 1 unspecified atom stereocenters. The highest BCUT2D eigenvalue weighted by atomic mass is 16.2. The molecule has 0 aliphatic heterocycles. The number of amides is 1. The highest BCUT2D eigenvalue weighted by Crippen LogP contribution is 2.17. The molecule has 6 heteroatoms. The van der Waals surface area contributed by atoms with Crippen molar-refractivity contribution in [1.29, 1.82) is 0 Å². The smallest absolute Gasteiger partial charge is 0.275 e. The van der Waals surface area contributed by atoms with Gasteiger partial charge >= 0.3 is 0 Å². The first kappa shape index (κ1) is 20.5. The van der Waals surface area contributed by atoms with Gasteiger partial charge in [-0.2, -0.15) is 5.10 Å². The number of nitrogens with one attached hydrogen (secondary N) is 1. The maximum Gasteiger partial charge on any atom is 0.275 e. The monoisotopic (exact) mass is 390 g/mol. The van der Waals surface area contributed by atoms with Crippen molar-refractivity contribution in [3.05, 3.63) is 93.4 Å². The first-order chi connectivity index (χ1) is 13.9. The number of carbonyl (C=O) groups is 1. The van der Waals surface area contributed by atoms with Crippen LogP contribution in [0.3, 0.4) is 0 Å². The van der Waals surface area contributed by atoms with Crippen molar-refractivity contribution in [2.75, 3.05) is 6.54 Å². The van der Waals surface area contributed by atoms with Gasteiger partial charge < -0.3 is 11.1 Å². The first-order valence-electron chi connectivity index (χ1n) is 9.67. The van der Waals surface area contributed by atoms with E-state index in [1.165, 1.54) is 11.6 Å². The van der Waals surface area contributed by atoms with E-state index < -0.39 is 11.3 Å². The van der Waals surface area contributed by atoms with Crippen molar-refractivity contribution in [3.63, 3.8) is 0 Å². The second-order valence-corrected chi connectivity index (χ2v) is 7.38. The van der Waals surface area contributed by atoms with E-state index in [1.807, 2.05) is 54.6 Å². The van der Waals surface area contributed by atoms with E-state index in [4.69, 9.17) is 5.73 Å². The molecule has 6 nitrogen and oxygen atoms in total. The van der Waals surface area contributed by atoms with E-state index in [9.17, 15) is 9.59 Å². The van der Waals surface area contributed by atoms with Crippen LogP contribution in [0.25, 0.3) is 5.69 Å². The number of aromatic nitrogens is 2. The second kappa shape index (κ2) is 8.84. The van der Waals surface area contributed by atoms with Gasteiger partial charge in [-0.05, 0) is 36.1 Å². The van der Waals surface area contributed by atoms with Gasteiger partial charge in [-0.1, -0.05) is 56.3 Å². The summed E-state index contributed by atoms with van der Waals surface area (Å²) < 4.78 is 1.58. The quantitative estimate of drug-likeness (QED) is 0.677. The Labute approximate surface area is 170 Å². The summed E-state index contributed by atoms with van der Waals surface area (Å²) in [5, 5.41) is 7.01. The first-order valence-corrected chi connectivity index (χ1v) is 9.67. The molecule has 0 fully saturated rings. The third-order valence-corrected chi connectivity index (χ3v) is 4.84. The number of hydrogen-bond acceptors (Lipinski definition) is 4. The van der Waals surface area contributed by atoms with Crippen LogP contribution in [0.1, 0.15) is 53.1 Å². The number of hydrogen-bond donors (Lipinski definition) is 2. The molecule has 0 aliphatic carbocycles. The van der Waals surface area contributed by atoms with Crippen molar-refractivity contribution in [1.82, 2.24) is 15.1 Å². The van der Waals surface area contributed by atoms with E-state index in [1.54, 1.807) is 11.6 Å². The van der Waals surface area contributed by atoms with Crippen LogP contribution < -0.4 is 16.5 Å². The molecule has 3 rings (SSSR count). The number of aryl methyl sites for hydroxylation is 1. The Hall–Kier alpha value is -3.25. The zero-order chi connectivity index (χ0) is 21.0. The molecule has 1 amide bonds. The minimum absolute atomic E-state index is 0.151. The molecule has 1 atom stereocenters. The zero-order valence-electron chi connectivity index (χ0n) is 16.9. The fraction of sp³-hybridized carbons (Fsp3) is 0.261. The van der Waals surface area contributed by atoms with Gasteiger partial charge in [-0.25, -0.2) is 4.68 Å². The third kappa shape index (κ3) is 4.78. The van der Waals surface area contributed by atoms with Gasteiger partial charge in [0.2, 0.25) is 5.43 Å². The van der Waals surface area contributed by atoms with E-state index >= 15 is 0 Å². The maximum absolute atomic E-state index is 12.6. The van der Waals surface area contributed by atoms with Crippen LogP contribution in [0.2, 0.25) is 0 Å². The van der Waals surface area contributed by atoms with Gasteiger partial charge in [0.05, 0.1) is 5.69 Å². The van der Waals surface area contributed by atoms with E-state index in [2.05, 4.69) is 24.3 Å². The highest BCUT2D eigenvalue weighted by Gasteiger charge is 2.16. The molecule has 0 saturated carbocycles. The average Bonchev–Trinajstić information content (AvgIpc) is 2.72. The van der Waals surface area contributed by atoms with Gasteiger partial charge in [-0.3, -0.25) is 9.59 Å². The molecule has 2 aromatic carbocycles. The highest BCUT2D eigenvalue weighted by molar-refractivity contribution is 5.92. The number of carbonyl (C=O) groups excluding carboxylic acids is 1. The summed E-state index contributed by atoms with van der Waals surface area (Å²) in [5.41, 5.74) is 9.23. The second-order valence-electron chi connectivity index (χ2n) is 7.38. The molecule has 29 heavy (non-hydrogen) atoms. The summed E-state index contributed by atoms with van der Waals surface area (Å²) in [6.07, 6.45) is 0. The summed E-state index contributed by atoms with van der Waals surface area (Å²) >= 11 is 0. The lowest BCUT2D eigenvalue weighted by molar-refractivity contribution is 0.0943. The Kier molecular flexibility index (Phi) is 6.24. The van der Waals surface area contributed by atoms with E-state index in [-0.39, 0.29) is 18.3 Å². The fourth-order valence-electron chi connectivity index (χ4n) is 3.07. The zero-order valence-corrected chi connectivity index (χ0v) is 16.9. The maximum atomic E-state index is 12.6. The molecule has 3 N–H and O–H groups in total. The number of nitrogens with zero attached hydrogens (tertiary/aromatic N) is 2. The SMILES string of the molecule is Cc1cc(=O)c(C(=O)NCC(N)c2ccc(C(C)C)cc2)nn1-c1ccccc1. The van der Waals surface area contributed by atoms with Crippen LogP contribution in [-0.4, -0.2) is 22.2 Å². The van der Waals surface area contributed by atoms with Crippen LogP contribution >= 0.6 is 0 Å². The Bertz CT molecular complexity index is 1040. The molecule has 0 spiro atoms. The minimum atomic E-state index is -0.533. The van der Waals surface area contributed by atoms with Gasteiger partial charge in [0.15, 0.2) is 5.69 Å². The fourth-order valence-corrected chi connectivity index (χ4v) is 3.07. The van der Waals surface area contributed by atoms with Crippen LogP contribution in [-0.2, 0) is 0 Å². The molecule has 0 saturated heterocycles. The lowest BCUT2D eigenvalue weighted by atomic mass is 9.99. The summed E-state index contributed by atoms with van der Waals surface area (Å²) in [6.45, 7) is 6.25. The molecular weight excluding hydrogens is 364 g/mol. The number of para-hydroxylation sites is 1. The third-order valence-electron chi connectivity index (χ3n) is 4.84. The molecule has 0 radical (unpaired) electrons.